The lowest BCUT2D eigenvalue weighted by atomic mass is 10.0. The predicted octanol–water partition coefficient (Wildman–Crippen LogP) is 6.48. The number of methoxy groups -OCH3 is 1. The smallest absolute Gasteiger partial charge is 0.119 e. The van der Waals surface area contributed by atoms with Crippen molar-refractivity contribution in [3.05, 3.63) is 88.9 Å². The molecule has 1 atom stereocenters. The molecule has 33 heavy (non-hydrogen) atoms. The molecule has 2 N–H and O–H groups in total. The molecule has 176 valence electrons. The minimum atomic E-state index is 0.353. The van der Waals surface area contributed by atoms with E-state index in [2.05, 4.69) is 48.3 Å². The van der Waals surface area contributed by atoms with E-state index >= 15 is 0 Å². The first-order chi connectivity index (χ1) is 15.9. The number of aromatic hydroxyl groups is 1. The average Bonchev–Trinajstić information content (AvgIpc) is 3.33. The Bertz CT molecular complexity index is 985. The molecule has 4 rings (SSSR count). The van der Waals surface area contributed by atoms with E-state index in [9.17, 15) is 0 Å². The van der Waals surface area contributed by atoms with Crippen molar-refractivity contribution in [2.75, 3.05) is 31.6 Å². The van der Waals surface area contributed by atoms with Gasteiger partial charge < -0.3 is 20.1 Å². The van der Waals surface area contributed by atoms with Gasteiger partial charge in [0, 0.05) is 23.8 Å². The zero-order valence-corrected chi connectivity index (χ0v) is 20.6. The van der Waals surface area contributed by atoms with Gasteiger partial charge in [-0.3, -0.25) is 0 Å². The van der Waals surface area contributed by atoms with Gasteiger partial charge in [0.05, 0.1) is 7.11 Å². The molecule has 0 radical (unpaired) electrons. The Morgan fingerprint density at radius 3 is 2.42 bits per heavy atom. The Morgan fingerprint density at radius 1 is 1.06 bits per heavy atom. The molecule has 1 heterocycles. The van der Waals surface area contributed by atoms with Crippen LogP contribution in [0.4, 0.5) is 5.69 Å². The van der Waals surface area contributed by atoms with E-state index in [1.54, 1.807) is 19.2 Å². The highest BCUT2D eigenvalue weighted by molar-refractivity contribution is 6.30. The van der Waals surface area contributed by atoms with E-state index in [-0.39, 0.29) is 0 Å². The summed E-state index contributed by atoms with van der Waals surface area (Å²) in [6.07, 6.45) is 1.24. The summed E-state index contributed by atoms with van der Waals surface area (Å²) in [7, 11) is 1.71. The lowest BCUT2D eigenvalue weighted by Gasteiger charge is -2.28. The van der Waals surface area contributed by atoms with Crippen LogP contribution in [0.25, 0.3) is 0 Å². The van der Waals surface area contributed by atoms with Gasteiger partial charge in [0.15, 0.2) is 0 Å². The number of benzene rings is 3. The molecule has 0 spiro atoms. The molecule has 0 amide bonds. The molecule has 0 aliphatic carbocycles. The lowest BCUT2D eigenvalue weighted by molar-refractivity contribution is 0.414. The molecule has 1 aliphatic heterocycles. The summed E-state index contributed by atoms with van der Waals surface area (Å²) in [5.74, 6) is 2.44. The van der Waals surface area contributed by atoms with Gasteiger partial charge in [-0.1, -0.05) is 49.7 Å². The molecule has 5 heteroatoms. The molecule has 0 saturated carbocycles. The quantitative estimate of drug-likeness (QED) is 0.418. The molecule has 3 aromatic rings. The Balaban J connectivity index is 0.000000257. The molecule has 3 aromatic carbocycles. The van der Waals surface area contributed by atoms with Crippen LogP contribution in [0.15, 0.2) is 72.8 Å². The molecule has 0 bridgehead atoms. The summed E-state index contributed by atoms with van der Waals surface area (Å²) < 4.78 is 5.35. The van der Waals surface area contributed by atoms with Crippen molar-refractivity contribution in [2.24, 2.45) is 5.92 Å². The first kappa shape index (κ1) is 24.9. The van der Waals surface area contributed by atoms with Crippen LogP contribution in [-0.4, -0.2) is 31.9 Å². The van der Waals surface area contributed by atoms with Gasteiger partial charge in [-0.05, 0) is 91.0 Å². The van der Waals surface area contributed by atoms with Crippen molar-refractivity contribution < 1.29 is 9.84 Å². The van der Waals surface area contributed by atoms with E-state index in [1.165, 1.54) is 23.2 Å². The number of nitrogens with one attached hydrogen (secondary N) is 1. The zero-order chi connectivity index (χ0) is 23.6. The molecular weight excluding hydrogens is 432 g/mol. The van der Waals surface area contributed by atoms with E-state index in [0.717, 1.165) is 37.0 Å². The number of hydrogen-bond acceptors (Lipinski definition) is 4. The van der Waals surface area contributed by atoms with Crippen molar-refractivity contribution >= 4 is 17.3 Å². The SMILES string of the molecule is CC(C)c1cccc(O)c1.COc1cccc(CN(CC2CCNC2)c2ccc(Cl)cc2)c1. The summed E-state index contributed by atoms with van der Waals surface area (Å²) in [6, 6.07) is 23.8. The number of phenols is 1. The number of nitrogens with zero attached hydrogens (tertiary/aromatic N) is 1. The van der Waals surface area contributed by atoms with E-state index in [0.29, 0.717) is 17.6 Å². The van der Waals surface area contributed by atoms with Crippen LogP contribution in [0, 0.1) is 5.92 Å². The summed E-state index contributed by atoms with van der Waals surface area (Å²) in [5, 5.41) is 13.3. The largest absolute Gasteiger partial charge is 0.508 e. The van der Waals surface area contributed by atoms with E-state index in [1.807, 2.05) is 36.4 Å². The topological polar surface area (TPSA) is 44.7 Å². The van der Waals surface area contributed by atoms with Crippen LogP contribution in [0.3, 0.4) is 0 Å². The third-order valence-corrected chi connectivity index (χ3v) is 6.13. The van der Waals surface area contributed by atoms with Crippen molar-refractivity contribution in [2.45, 2.75) is 32.7 Å². The Kier molecular flexibility index (Phi) is 9.47. The van der Waals surface area contributed by atoms with Gasteiger partial charge in [-0.2, -0.15) is 0 Å². The minimum Gasteiger partial charge on any atom is -0.508 e. The highest BCUT2D eigenvalue weighted by atomic mass is 35.5. The van der Waals surface area contributed by atoms with Crippen LogP contribution in [-0.2, 0) is 6.54 Å². The van der Waals surface area contributed by atoms with Crippen LogP contribution in [0.1, 0.15) is 37.3 Å². The van der Waals surface area contributed by atoms with Crippen molar-refractivity contribution in [1.82, 2.24) is 5.32 Å². The highest BCUT2D eigenvalue weighted by Crippen LogP contribution is 2.24. The highest BCUT2D eigenvalue weighted by Gasteiger charge is 2.19. The Labute approximate surface area is 203 Å². The maximum atomic E-state index is 9.06. The van der Waals surface area contributed by atoms with Crippen molar-refractivity contribution in [3.8, 4) is 11.5 Å². The predicted molar refractivity (Wildman–Crippen MR) is 139 cm³/mol. The third-order valence-electron chi connectivity index (χ3n) is 5.88. The van der Waals surface area contributed by atoms with Gasteiger partial charge >= 0.3 is 0 Å². The lowest BCUT2D eigenvalue weighted by Crippen LogP contribution is -2.30. The fourth-order valence-electron chi connectivity index (χ4n) is 3.97. The zero-order valence-electron chi connectivity index (χ0n) is 19.8. The fraction of sp³-hybridized carbons (Fsp3) is 0.357. The number of ether oxygens (including phenoxy) is 1. The summed E-state index contributed by atoms with van der Waals surface area (Å²) in [4.78, 5) is 2.43. The van der Waals surface area contributed by atoms with Gasteiger partial charge in [-0.25, -0.2) is 0 Å². The molecule has 1 saturated heterocycles. The van der Waals surface area contributed by atoms with Crippen molar-refractivity contribution in [1.29, 1.82) is 0 Å². The third kappa shape index (κ3) is 7.99. The van der Waals surface area contributed by atoms with Gasteiger partial charge in [0.1, 0.15) is 11.5 Å². The second kappa shape index (κ2) is 12.5. The maximum Gasteiger partial charge on any atom is 0.119 e. The first-order valence-corrected chi connectivity index (χ1v) is 12.0. The standard InChI is InChI=1S/C19H23ClN2O.C9H12O/c1-23-19-4-2-3-15(11-19)13-22(14-16-9-10-21-12-16)18-7-5-17(20)6-8-18;1-7(2)8-4-3-5-9(10)6-8/h2-8,11,16,21H,9-10,12-14H2,1H3;3-7,10H,1-2H3. The van der Waals surface area contributed by atoms with Crippen LogP contribution < -0.4 is 15.0 Å². The molecule has 1 fully saturated rings. The number of phenolic OH excluding ortho intramolecular Hbond substituents is 1. The summed E-state index contributed by atoms with van der Waals surface area (Å²) >= 11 is 6.04. The number of rotatable bonds is 7. The van der Waals surface area contributed by atoms with E-state index < -0.39 is 0 Å². The fourth-order valence-corrected chi connectivity index (χ4v) is 4.10. The van der Waals surface area contributed by atoms with Crippen molar-refractivity contribution in [3.63, 3.8) is 0 Å². The number of hydrogen-bond donors (Lipinski definition) is 2. The second-order valence-corrected chi connectivity index (χ2v) is 9.25. The minimum absolute atomic E-state index is 0.353. The summed E-state index contributed by atoms with van der Waals surface area (Å²) in [5.41, 5.74) is 3.65. The number of anilines is 1. The molecule has 1 unspecified atom stereocenters. The normalized spacial score (nSPS) is 15.1. The average molecular weight is 467 g/mol. The molecule has 0 aromatic heterocycles. The number of halogens is 1. The Hall–Kier alpha value is -2.69. The maximum absolute atomic E-state index is 9.06. The van der Waals surface area contributed by atoms with Gasteiger partial charge in [0.2, 0.25) is 0 Å². The second-order valence-electron chi connectivity index (χ2n) is 8.82. The Morgan fingerprint density at radius 2 is 1.82 bits per heavy atom. The molecule has 1 aliphatic rings. The summed E-state index contributed by atoms with van der Waals surface area (Å²) in [6.45, 7) is 8.35. The molecule has 4 nitrogen and oxygen atoms in total. The van der Waals surface area contributed by atoms with Crippen LogP contribution >= 0.6 is 11.6 Å². The van der Waals surface area contributed by atoms with Gasteiger partial charge in [0.25, 0.3) is 0 Å². The van der Waals surface area contributed by atoms with Crippen LogP contribution in [0.5, 0.6) is 11.5 Å². The van der Waals surface area contributed by atoms with Crippen LogP contribution in [0.2, 0.25) is 5.02 Å². The van der Waals surface area contributed by atoms with Gasteiger partial charge in [-0.15, -0.1) is 0 Å². The molecular formula is C28H35ClN2O2. The van der Waals surface area contributed by atoms with E-state index in [4.69, 9.17) is 21.4 Å². The first-order valence-electron chi connectivity index (χ1n) is 11.6. The monoisotopic (exact) mass is 466 g/mol.